The number of hydrogen-bond acceptors (Lipinski definition) is 6. The molecule has 0 heterocycles. The van der Waals surface area contributed by atoms with Crippen molar-refractivity contribution in [3.63, 3.8) is 0 Å². The van der Waals surface area contributed by atoms with Gasteiger partial charge in [0.1, 0.15) is 0 Å². The number of nitriles is 1. The van der Waals surface area contributed by atoms with E-state index in [0.29, 0.717) is 17.6 Å². The van der Waals surface area contributed by atoms with Gasteiger partial charge in [-0.2, -0.15) is 0 Å². The summed E-state index contributed by atoms with van der Waals surface area (Å²) in [5.74, 6) is 0. The Morgan fingerprint density at radius 1 is 0.857 bits per heavy atom. The molecule has 2 aromatic rings. The van der Waals surface area contributed by atoms with E-state index in [2.05, 4.69) is 0 Å². The molecular formula is C13H12N3NaO3S. The minimum Gasteiger partial charge on any atom is -0.812 e. The molecule has 0 bridgehead atoms. The van der Waals surface area contributed by atoms with Gasteiger partial charge in [0.05, 0.1) is 9.79 Å². The van der Waals surface area contributed by atoms with Crippen LogP contribution < -0.4 is 46.1 Å². The predicted molar refractivity (Wildman–Crippen MR) is 72.8 cm³/mol. The fourth-order valence-electron chi connectivity index (χ4n) is 1.43. The number of hydrogen-bond donors (Lipinski definition) is 2. The molecule has 0 unspecified atom stereocenters. The summed E-state index contributed by atoms with van der Waals surface area (Å²) < 4.78 is 24.3. The summed E-state index contributed by atoms with van der Waals surface area (Å²) in [6.07, 6.45) is 0.500. The van der Waals surface area contributed by atoms with Crippen LogP contribution in [-0.2, 0) is 9.84 Å². The number of anilines is 2. The maximum Gasteiger partial charge on any atom is 1.00 e. The van der Waals surface area contributed by atoms with Gasteiger partial charge in [-0.05, 0) is 48.5 Å². The van der Waals surface area contributed by atoms with E-state index in [1.807, 2.05) is 0 Å². The van der Waals surface area contributed by atoms with Crippen LogP contribution in [0.25, 0.3) is 0 Å². The van der Waals surface area contributed by atoms with Crippen LogP contribution in [0.5, 0.6) is 0 Å². The van der Waals surface area contributed by atoms with E-state index >= 15 is 0 Å². The van der Waals surface area contributed by atoms with E-state index in [0.717, 1.165) is 0 Å². The maximum atomic E-state index is 12.2. The molecule has 2 aromatic carbocycles. The SMILES string of the molecule is N#C[O-].Nc1ccc(S(=O)(=O)c2ccc(N)cc2)cc1.[Na+]. The fraction of sp³-hybridized carbons (Fsp3) is 0. The zero-order chi connectivity index (χ0) is 15.2. The normalized spacial score (nSPS) is 9.48. The van der Waals surface area contributed by atoms with Gasteiger partial charge < -0.3 is 16.6 Å². The molecule has 0 amide bonds. The van der Waals surface area contributed by atoms with Gasteiger partial charge in [0.15, 0.2) is 0 Å². The Balaban J connectivity index is 0.000000922. The van der Waals surface area contributed by atoms with Gasteiger partial charge in [-0.3, -0.25) is 0 Å². The zero-order valence-corrected chi connectivity index (χ0v) is 14.2. The second-order valence-corrected chi connectivity index (χ2v) is 5.68. The second kappa shape index (κ2) is 8.54. The summed E-state index contributed by atoms with van der Waals surface area (Å²) in [5, 5.41) is 15.0. The molecule has 0 aliphatic rings. The number of sulfone groups is 1. The third-order valence-corrected chi connectivity index (χ3v) is 4.17. The van der Waals surface area contributed by atoms with Crippen molar-refractivity contribution in [1.29, 1.82) is 5.26 Å². The van der Waals surface area contributed by atoms with Crippen LogP contribution in [0.1, 0.15) is 0 Å². The van der Waals surface area contributed by atoms with Gasteiger partial charge in [-0.25, -0.2) is 13.7 Å². The molecule has 0 aliphatic carbocycles. The Labute approximate surface area is 145 Å². The second-order valence-electron chi connectivity index (χ2n) is 3.73. The van der Waals surface area contributed by atoms with Crippen molar-refractivity contribution in [3.05, 3.63) is 48.5 Å². The van der Waals surface area contributed by atoms with Crippen molar-refractivity contribution < 1.29 is 43.1 Å². The van der Waals surface area contributed by atoms with Crippen LogP contribution in [0.15, 0.2) is 58.3 Å². The van der Waals surface area contributed by atoms with Crippen molar-refractivity contribution in [3.8, 4) is 6.26 Å². The molecule has 0 saturated carbocycles. The van der Waals surface area contributed by atoms with Crippen molar-refractivity contribution in [2.45, 2.75) is 9.79 Å². The molecule has 0 aromatic heterocycles. The number of rotatable bonds is 2. The first-order chi connectivity index (χ1) is 9.41. The number of nitrogen functional groups attached to an aromatic ring is 2. The molecule has 0 saturated heterocycles. The van der Waals surface area contributed by atoms with E-state index in [4.69, 9.17) is 21.8 Å². The monoisotopic (exact) mass is 313 g/mol. The largest absolute Gasteiger partial charge is 1.00 e. The first-order valence-electron chi connectivity index (χ1n) is 5.39. The minimum absolute atomic E-state index is 0. The van der Waals surface area contributed by atoms with Crippen molar-refractivity contribution in [2.24, 2.45) is 0 Å². The molecule has 104 valence electrons. The van der Waals surface area contributed by atoms with E-state index in [9.17, 15) is 8.42 Å². The third kappa shape index (κ3) is 5.28. The molecule has 8 heteroatoms. The molecule has 2 rings (SSSR count). The Hall–Kier alpha value is -1.72. The van der Waals surface area contributed by atoms with Crippen LogP contribution in [-0.4, -0.2) is 8.42 Å². The van der Waals surface area contributed by atoms with Crippen molar-refractivity contribution >= 4 is 21.2 Å². The Bertz CT molecular complexity index is 656. The third-order valence-electron chi connectivity index (χ3n) is 2.38. The van der Waals surface area contributed by atoms with E-state index in [1.165, 1.54) is 24.3 Å². The van der Waals surface area contributed by atoms with E-state index in [1.54, 1.807) is 24.3 Å². The van der Waals surface area contributed by atoms with Gasteiger partial charge in [0.25, 0.3) is 0 Å². The van der Waals surface area contributed by atoms with Gasteiger partial charge >= 0.3 is 29.6 Å². The standard InChI is InChI=1S/C12H12N2O2S.CHNO.Na/c13-9-1-5-11(6-2-9)17(15,16)12-7-3-10(14)4-8-12;2-1-3;/h1-8H,13-14H2;3H;/q;;+1/p-1. The summed E-state index contributed by atoms with van der Waals surface area (Å²) in [6.45, 7) is 0. The van der Waals surface area contributed by atoms with E-state index < -0.39 is 9.84 Å². The minimum atomic E-state index is -3.48. The average Bonchev–Trinajstić information content (AvgIpc) is 2.40. The molecule has 0 atom stereocenters. The molecule has 21 heavy (non-hydrogen) atoms. The molecular weight excluding hydrogens is 301 g/mol. The smallest absolute Gasteiger partial charge is 0.812 e. The summed E-state index contributed by atoms with van der Waals surface area (Å²) in [5.41, 5.74) is 12.1. The van der Waals surface area contributed by atoms with Crippen LogP contribution in [0.4, 0.5) is 11.4 Å². The Morgan fingerprint density at radius 2 is 1.10 bits per heavy atom. The summed E-state index contributed by atoms with van der Waals surface area (Å²) in [7, 11) is -3.48. The first kappa shape index (κ1) is 19.3. The van der Waals surface area contributed by atoms with Gasteiger partial charge in [-0.1, -0.05) is 0 Å². The topological polar surface area (TPSA) is 133 Å². The van der Waals surface area contributed by atoms with E-state index in [-0.39, 0.29) is 39.3 Å². The predicted octanol–water partition coefficient (Wildman–Crippen LogP) is -2.48. The summed E-state index contributed by atoms with van der Waals surface area (Å²) >= 11 is 0. The summed E-state index contributed by atoms with van der Waals surface area (Å²) in [6, 6.07) is 12.2. The Kier molecular flexibility index (Phi) is 7.84. The number of benzene rings is 2. The van der Waals surface area contributed by atoms with Gasteiger partial charge in [0.2, 0.25) is 9.84 Å². The zero-order valence-electron chi connectivity index (χ0n) is 11.4. The number of nitrogens with zero attached hydrogens (tertiary/aromatic N) is 1. The molecule has 0 radical (unpaired) electrons. The molecule has 4 N–H and O–H groups in total. The van der Waals surface area contributed by atoms with Gasteiger partial charge in [0, 0.05) is 17.6 Å². The molecule has 0 aliphatic heterocycles. The summed E-state index contributed by atoms with van der Waals surface area (Å²) in [4.78, 5) is 0.438. The first-order valence-corrected chi connectivity index (χ1v) is 6.87. The van der Waals surface area contributed by atoms with Crippen molar-refractivity contribution in [1.82, 2.24) is 0 Å². The molecule has 0 fully saturated rings. The van der Waals surface area contributed by atoms with Crippen LogP contribution >= 0.6 is 0 Å². The van der Waals surface area contributed by atoms with Crippen LogP contribution in [0.2, 0.25) is 0 Å². The van der Waals surface area contributed by atoms with Gasteiger partial charge in [-0.15, -0.1) is 0 Å². The number of nitrogens with two attached hydrogens (primary N) is 2. The molecule has 6 nitrogen and oxygen atoms in total. The van der Waals surface area contributed by atoms with Crippen LogP contribution in [0.3, 0.4) is 0 Å². The average molecular weight is 313 g/mol. The maximum absolute atomic E-state index is 12.2. The quantitative estimate of drug-likeness (QED) is 0.358. The molecule has 0 spiro atoms. The van der Waals surface area contributed by atoms with Crippen LogP contribution in [0, 0.1) is 11.5 Å². The Morgan fingerprint density at radius 3 is 1.33 bits per heavy atom. The fourth-order valence-corrected chi connectivity index (χ4v) is 2.69. The van der Waals surface area contributed by atoms with Crippen molar-refractivity contribution in [2.75, 3.05) is 11.5 Å².